The first-order valence-electron chi connectivity index (χ1n) is 9.97. The lowest BCUT2D eigenvalue weighted by molar-refractivity contribution is -0.145. The summed E-state index contributed by atoms with van der Waals surface area (Å²) in [4.78, 5) is 12.7. The number of fused-ring (bicyclic) bond motifs is 1. The monoisotopic (exact) mass is 378 g/mol. The van der Waals surface area contributed by atoms with E-state index in [2.05, 4.69) is 54.3 Å². The summed E-state index contributed by atoms with van der Waals surface area (Å²) in [5.41, 5.74) is -0.385. The van der Waals surface area contributed by atoms with Gasteiger partial charge in [0.15, 0.2) is 14.1 Å². The molecule has 1 saturated carbocycles. The van der Waals surface area contributed by atoms with E-state index in [1.807, 2.05) is 6.92 Å². The summed E-state index contributed by atoms with van der Waals surface area (Å²) in [5.74, 6) is -0.167. The van der Waals surface area contributed by atoms with Gasteiger partial charge in [-0.15, -0.1) is 6.58 Å². The van der Waals surface area contributed by atoms with E-state index in [1.54, 1.807) is 12.2 Å². The van der Waals surface area contributed by atoms with E-state index in [0.717, 1.165) is 12.8 Å². The summed E-state index contributed by atoms with van der Waals surface area (Å²) >= 11 is 0. The van der Waals surface area contributed by atoms with Crippen molar-refractivity contribution in [2.24, 2.45) is 17.3 Å². The molecule has 3 nitrogen and oxygen atoms in total. The zero-order valence-electron chi connectivity index (χ0n) is 18.0. The maximum absolute atomic E-state index is 12.7. The van der Waals surface area contributed by atoms with Gasteiger partial charge < -0.3 is 9.53 Å². The maximum atomic E-state index is 12.7. The molecule has 0 amide bonds. The Morgan fingerprint density at radius 2 is 2.00 bits per heavy atom. The highest BCUT2D eigenvalue weighted by atomic mass is 28.4. The molecule has 2 rings (SSSR count). The standard InChI is InChI=1S/C22H38O3Si/c1-10-15(2)22(24)14-21(7)16(3)18(12-11-17(21)13-19(22)23)25-26(8,9)20(4,5)6/h10,13,15-16,18,24H,1,11-12,14H2,2-9H3/t15-,16+,18-,21-,22-/m1/s1. The Hall–Kier alpha value is -0.713. The van der Waals surface area contributed by atoms with Gasteiger partial charge in [-0.05, 0) is 54.8 Å². The smallest absolute Gasteiger partial charge is 0.192 e. The van der Waals surface area contributed by atoms with E-state index in [4.69, 9.17) is 4.43 Å². The molecule has 148 valence electrons. The van der Waals surface area contributed by atoms with Crippen molar-refractivity contribution in [2.75, 3.05) is 0 Å². The second kappa shape index (κ2) is 6.71. The number of hydrogen-bond acceptors (Lipinski definition) is 3. The third-order valence-corrected chi connectivity index (χ3v) is 12.2. The zero-order chi connectivity index (χ0) is 20.1. The van der Waals surface area contributed by atoms with Gasteiger partial charge in [0.25, 0.3) is 0 Å². The van der Waals surface area contributed by atoms with Crippen LogP contribution >= 0.6 is 0 Å². The lowest BCUT2D eigenvalue weighted by Gasteiger charge is -2.54. The predicted molar refractivity (Wildman–Crippen MR) is 111 cm³/mol. The zero-order valence-corrected chi connectivity index (χ0v) is 19.0. The van der Waals surface area contributed by atoms with Gasteiger partial charge in [0, 0.05) is 12.0 Å². The van der Waals surface area contributed by atoms with Gasteiger partial charge in [0.2, 0.25) is 0 Å². The van der Waals surface area contributed by atoms with Crippen LogP contribution in [0.25, 0.3) is 0 Å². The molecule has 2 aliphatic carbocycles. The van der Waals surface area contributed by atoms with Gasteiger partial charge in [-0.3, -0.25) is 4.79 Å². The summed E-state index contributed by atoms with van der Waals surface area (Å²) in [6, 6.07) is 0. The van der Waals surface area contributed by atoms with E-state index < -0.39 is 13.9 Å². The normalized spacial score (nSPS) is 37.0. The molecule has 2 aliphatic rings. The fourth-order valence-electron chi connectivity index (χ4n) is 4.27. The Kier molecular flexibility index (Phi) is 5.57. The highest BCUT2D eigenvalue weighted by molar-refractivity contribution is 6.74. The van der Waals surface area contributed by atoms with Gasteiger partial charge >= 0.3 is 0 Å². The Balaban J connectivity index is 2.35. The molecule has 1 N–H and O–H groups in total. The van der Waals surface area contributed by atoms with E-state index in [1.165, 1.54) is 5.57 Å². The van der Waals surface area contributed by atoms with Crippen LogP contribution in [0.5, 0.6) is 0 Å². The quantitative estimate of drug-likeness (QED) is 0.536. The second-order valence-electron chi connectivity index (χ2n) is 10.3. The van der Waals surface area contributed by atoms with Gasteiger partial charge in [-0.1, -0.05) is 53.2 Å². The van der Waals surface area contributed by atoms with Gasteiger partial charge in [0.1, 0.15) is 5.60 Å². The summed E-state index contributed by atoms with van der Waals surface area (Å²) in [6.07, 6.45) is 5.88. The van der Waals surface area contributed by atoms with Crippen molar-refractivity contribution in [1.29, 1.82) is 0 Å². The van der Waals surface area contributed by atoms with E-state index in [0.29, 0.717) is 6.42 Å². The Labute approximate surface area is 161 Å². The number of carbonyl (C=O) groups is 1. The molecule has 1 fully saturated rings. The third kappa shape index (κ3) is 3.40. The molecule has 5 atom stereocenters. The number of rotatable bonds is 4. The second-order valence-corrected chi connectivity index (χ2v) is 15.1. The first-order chi connectivity index (χ1) is 11.7. The van der Waals surface area contributed by atoms with E-state index in [-0.39, 0.29) is 34.2 Å². The lowest BCUT2D eigenvalue weighted by atomic mass is 9.55. The van der Waals surface area contributed by atoms with E-state index in [9.17, 15) is 9.90 Å². The largest absolute Gasteiger partial charge is 0.414 e. The molecule has 0 aromatic rings. The van der Waals surface area contributed by atoms with Crippen molar-refractivity contribution < 1.29 is 14.3 Å². The first-order valence-corrected chi connectivity index (χ1v) is 12.9. The number of aliphatic hydroxyl groups is 1. The molecule has 0 spiro atoms. The average Bonchev–Trinajstić information content (AvgIpc) is 2.51. The number of allylic oxidation sites excluding steroid dienone is 1. The van der Waals surface area contributed by atoms with Crippen molar-refractivity contribution in [3.8, 4) is 0 Å². The van der Waals surface area contributed by atoms with Gasteiger partial charge in [-0.25, -0.2) is 0 Å². The SMILES string of the molecule is C=C[C@@H](C)[C@]1(O)C[C@@]2(C)C(=CC1=O)CC[C@@H](O[Si](C)(C)C(C)(C)C)[C@@H]2C. The van der Waals surface area contributed by atoms with Crippen LogP contribution in [0, 0.1) is 17.3 Å². The van der Waals surface area contributed by atoms with Crippen LogP contribution in [0.1, 0.15) is 60.8 Å². The molecule has 0 heterocycles. The molecule has 0 aromatic carbocycles. The molecule has 0 radical (unpaired) electrons. The third-order valence-electron chi connectivity index (χ3n) is 7.72. The van der Waals surface area contributed by atoms with Crippen LogP contribution in [-0.4, -0.2) is 30.9 Å². The number of hydrogen-bond donors (Lipinski definition) is 1. The summed E-state index contributed by atoms with van der Waals surface area (Å²) < 4.78 is 6.78. The fraction of sp³-hybridized carbons (Fsp3) is 0.773. The minimum Gasteiger partial charge on any atom is -0.414 e. The van der Waals surface area contributed by atoms with E-state index >= 15 is 0 Å². The Morgan fingerprint density at radius 1 is 1.42 bits per heavy atom. The Morgan fingerprint density at radius 3 is 2.50 bits per heavy atom. The maximum Gasteiger partial charge on any atom is 0.192 e. The predicted octanol–water partition coefficient (Wildman–Crippen LogP) is 5.27. The average molecular weight is 379 g/mol. The molecule has 0 aliphatic heterocycles. The lowest BCUT2D eigenvalue weighted by Crippen LogP contribution is -2.56. The minimum absolute atomic E-state index is 0.159. The first kappa shape index (κ1) is 21.6. The molecular weight excluding hydrogens is 340 g/mol. The Bertz CT molecular complexity index is 615. The summed E-state index contributed by atoms with van der Waals surface area (Å²) in [7, 11) is -1.87. The molecule has 0 bridgehead atoms. The van der Waals surface area contributed by atoms with Crippen molar-refractivity contribution >= 4 is 14.1 Å². The summed E-state index contributed by atoms with van der Waals surface area (Å²) in [5, 5.41) is 11.4. The molecule has 4 heteroatoms. The van der Waals surface area contributed by atoms with Crippen LogP contribution in [-0.2, 0) is 9.22 Å². The molecule has 26 heavy (non-hydrogen) atoms. The van der Waals surface area contributed by atoms with Crippen LogP contribution < -0.4 is 0 Å². The highest BCUT2D eigenvalue weighted by Gasteiger charge is 2.55. The molecular formula is C22H38O3Si. The van der Waals surface area contributed by atoms with Crippen molar-refractivity contribution in [1.82, 2.24) is 0 Å². The fourth-order valence-corrected chi connectivity index (χ4v) is 5.71. The molecule has 0 saturated heterocycles. The van der Waals surface area contributed by atoms with Crippen LogP contribution in [0.3, 0.4) is 0 Å². The van der Waals surface area contributed by atoms with Gasteiger partial charge in [-0.2, -0.15) is 0 Å². The summed E-state index contributed by atoms with van der Waals surface area (Å²) in [6.45, 7) is 21.5. The van der Waals surface area contributed by atoms with Crippen molar-refractivity contribution in [2.45, 2.75) is 90.6 Å². The highest BCUT2D eigenvalue weighted by Crippen LogP contribution is 2.55. The van der Waals surface area contributed by atoms with Gasteiger partial charge in [0.05, 0.1) is 0 Å². The number of carbonyl (C=O) groups excluding carboxylic acids is 1. The minimum atomic E-state index is -1.87. The van der Waals surface area contributed by atoms with Crippen LogP contribution in [0.2, 0.25) is 18.1 Å². The molecule has 0 unspecified atom stereocenters. The number of ketones is 1. The van der Waals surface area contributed by atoms with Crippen LogP contribution in [0.15, 0.2) is 24.3 Å². The van der Waals surface area contributed by atoms with Crippen LogP contribution in [0.4, 0.5) is 0 Å². The topological polar surface area (TPSA) is 46.5 Å². The van der Waals surface area contributed by atoms with Crippen molar-refractivity contribution in [3.63, 3.8) is 0 Å². The molecule has 0 aromatic heterocycles. The van der Waals surface area contributed by atoms with Crippen molar-refractivity contribution in [3.05, 3.63) is 24.3 Å².